The number of nitrogens with zero attached hydrogens (tertiary/aromatic N) is 3. The molecule has 1 aromatic rings. The molecule has 2 atom stereocenters. The summed E-state index contributed by atoms with van der Waals surface area (Å²) in [5.41, 5.74) is 0.562. The molecule has 2 aliphatic rings. The average molecular weight is 313 g/mol. The average Bonchev–Trinajstić information content (AvgIpc) is 3.04. The minimum atomic E-state index is 0. The quantitative estimate of drug-likeness (QED) is 0.931. The van der Waals surface area contributed by atoms with E-state index in [1.807, 2.05) is 28.9 Å². The summed E-state index contributed by atoms with van der Waals surface area (Å²) >= 11 is 0. The maximum Gasteiger partial charge on any atom is 0.274 e. The van der Waals surface area contributed by atoms with Gasteiger partial charge >= 0.3 is 0 Å². The minimum Gasteiger partial charge on any atom is -0.337 e. The molecule has 2 bridgehead atoms. The summed E-state index contributed by atoms with van der Waals surface area (Å²) in [5.74, 6) is 0.0516. The van der Waals surface area contributed by atoms with Crippen LogP contribution >= 0.6 is 12.4 Å². The number of amides is 1. The van der Waals surface area contributed by atoms with Gasteiger partial charge in [-0.25, -0.2) is 0 Å². The maximum absolute atomic E-state index is 12.5. The van der Waals surface area contributed by atoms with Gasteiger partial charge in [-0.3, -0.25) is 9.48 Å². The second kappa shape index (κ2) is 6.36. The zero-order chi connectivity index (χ0) is 14.3. The van der Waals surface area contributed by atoms with Crippen molar-refractivity contribution in [1.82, 2.24) is 20.0 Å². The Morgan fingerprint density at radius 2 is 2.00 bits per heavy atom. The third-order valence-electron chi connectivity index (χ3n) is 4.67. The molecule has 0 radical (unpaired) electrons. The monoisotopic (exact) mass is 312 g/mol. The van der Waals surface area contributed by atoms with Crippen LogP contribution in [0.15, 0.2) is 12.3 Å². The van der Waals surface area contributed by atoms with Crippen molar-refractivity contribution in [2.45, 2.75) is 63.7 Å². The lowest BCUT2D eigenvalue weighted by atomic mass is 9.98. The van der Waals surface area contributed by atoms with E-state index in [2.05, 4.69) is 24.3 Å². The fraction of sp³-hybridized carbons (Fsp3) is 0.733. The summed E-state index contributed by atoms with van der Waals surface area (Å²) in [6.07, 6.45) is 6.54. The van der Waals surface area contributed by atoms with E-state index in [1.165, 1.54) is 12.8 Å². The summed E-state index contributed by atoms with van der Waals surface area (Å²) in [5, 5.41) is 8.00. The molecule has 5 nitrogen and oxygen atoms in total. The molecule has 2 aliphatic heterocycles. The summed E-state index contributed by atoms with van der Waals surface area (Å²) in [4.78, 5) is 14.4. The topological polar surface area (TPSA) is 50.2 Å². The molecule has 6 heteroatoms. The molecule has 21 heavy (non-hydrogen) atoms. The van der Waals surface area contributed by atoms with E-state index in [0.29, 0.717) is 23.8 Å². The zero-order valence-corrected chi connectivity index (χ0v) is 13.8. The summed E-state index contributed by atoms with van der Waals surface area (Å²) in [6, 6.07) is 3.67. The van der Waals surface area contributed by atoms with Crippen LogP contribution in [-0.2, 0) is 0 Å². The standard InChI is InChI=1S/C15H24N4O.ClH/c1-10(2)19-7-6-14(17-19)15(20)18(3)13-8-11-4-5-12(9-13)16-11;/h6-7,10-13,16H,4-5,8-9H2,1-3H3;1H. The Kier molecular flexibility index (Phi) is 4.94. The second-order valence-corrected chi connectivity index (χ2v) is 6.45. The van der Waals surface area contributed by atoms with Crippen molar-refractivity contribution in [1.29, 1.82) is 0 Å². The summed E-state index contributed by atoms with van der Waals surface area (Å²) < 4.78 is 1.84. The van der Waals surface area contributed by atoms with Crippen LogP contribution in [0.25, 0.3) is 0 Å². The maximum atomic E-state index is 12.5. The molecule has 1 amide bonds. The van der Waals surface area contributed by atoms with Crippen LogP contribution in [0.5, 0.6) is 0 Å². The van der Waals surface area contributed by atoms with Gasteiger partial charge in [0, 0.05) is 37.4 Å². The smallest absolute Gasteiger partial charge is 0.274 e. The molecule has 2 fully saturated rings. The van der Waals surface area contributed by atoms with Crippen molar-refractivity contribution in [3.8, 4) is 0 Å². The van der Waals surface area contributed by atoms with Crippen molar-refractivity contribution >= 4 is 18.3 Å². The van der Waals surface area contributed by atoms with Gasteiger partial charge in [0.25, 0.3) is 5.91 Å². The second-order valence-electron chi connectivity index (χ2n) is 6.45. The number of hydrogen-bond acceptors (Lipinski definition) is 3. The Balaban J connectivity index is 0.00000161. The predicted molar refractivity (Wildman–Crippen MR) is 84.9 cm³/mol. The van der Waals surface area contributed by atoms with Gasteiger partial charge in [-0.05, 0) is 45.6 Å². The Labute approximate surface area is 132 Å². The molecule has 1 aromatic heterocycles. The fourth-order valence-corrected chi connectivity index (χ4v) is 3.43. The Hall–Kier alpha value is -1.07. The fourth-order valence-electron chi connectivity index (χ4n) is 3.43. The lowest BCUT2D eigenvalue weighted by molar-refractivity contribution is 0.0674. The van der Waals surface area contributed by atoms with Crippen molar-refractivity contribution in [2.24, 2.45) is 0 Å². The Morgan fingerprint density at radius 3 is 2.52 bits per heavy atom. The van der Waals surface area contributed by atoms with Crippen molar-refractivity contribution < 1.29 is 4.79 Å². The zero-order valence-electron chi connectivity index (χ0n) is 13.0. The predicted octanol–water partition coefficient (Wildman–Crippen LogP) is 2.24. The molecule has 118 valence electrons. The highest BCUT2D eigenvalue weighted by molar-refractivity contribution is 5.92. The van der Waals surface area contributed by atoms with Gasteiger partial charge in [-0.1, -0.05) is 0 Å². The molecule has 3 rings (SSSR count). The summed E-state index contributed by atoms with van der Waals surface area (Å²) in [7, 11) is 1.92. The number of halogens is 1. The third-order valence-corrected chi connectivity index (χ3v) is 4.67. The van der Waals surface area contributed by atoms with E-state index in [-0.39, 0.29) is 24.4 Å². The van der Waals surface area contributed by atoms with Crippen LogP contribution in [0.2, 0.25) is 0 Å². The molecule has 2 unspecified atom stereocenters. The number of piperidine rings is 1. The van der Waals surface area contributed by atoms with Gasteiger partial charge in [0.15, 0.2) is 0 Å². The lowest BCUT2D eigenvalue weighted by Crippen LogP contribution is -2.48. The van der Waals surface area contributed by atoms with Crippen LogP contribution in [0, 0.1) is 0 Å². The highest BCUT2D eigenvalue weighted by Crippen LogP contribution is 2.29. The van der Waals surface area contributed by atoms with Gasteiger partial charge in [-0.15, -0.1) is 12.4 Å². The number of carbonyl (C=O) groups excluding carboxylic acids is 1. The van der Waals surface area contributed by atoms with Crippen LogP contribution in [-0.4, -0.2) is 45.8 Å². The minimum absolute atomic E-state index is 0. The molecule has 3 heterocycles. The highest BCUT2D eigenvalue weighted by atomic mass is 35.5. The molecule has 0 aromatic carbocycles. The van der Waals surface area contributed by atoms with Gasteiger partial charge < -0.3 is 10.2 Å². The van der Waals surface area contributed by atoms with E-state index >= 15 is 0 Å². The molecular formula is C15H25ClN4O. The van der Waals surface area contributed by atoms with Crippen LogP contribution in [0.1, 0.15) is 56.1 Å². The highest BCUT2D eigenvalue weighted by Gasteiger charge is 2.36. The first-order valence-electron chi connectivity index (χ1n) is 7.63. The number of rotatable bonds is 3. The van der Waals surface area contributed by atoms with E-state index in [0.717, 1.165) is 12.8 Å². The molecular weight excluding hydrogens is 288 g/mol. The Bertz CT molecular complexity index is 490. The Morgan fingerprint density at radius 1 is 1.38 bits per heavy atom. The van der Waals surface area contributed by atoms with Crippen molar-refractivity contribution in [3.63, 3.8) is 0 Å². The van der Waals surface area contributed by atoms with Gasteiger partial charge in [0.05, 0.1) is 0 Å². The first kappa shape index (κ1) is 16.3. The molecule has 2 saturated heterocycles. The molecule has 1 N–H and O–H groups in total. The number of aromatic nitrogens is 2. The normalized spacial score (nSPS) is 27.5. The first-order chi connectivity index (χ1) is 9.54. The van der Waals surface area contributed by atoms with Gasteiger partial charge in [0.1, 0.15) is 5.69 Å². The van der Waals surface area contributed by atoms with E-state index < -0.39 is 0 Å². The lowest BCUT2D eigenvalue weighted by Gasteiger charge is -2.35. The summed E-state index contributed by atoms with van der Waals surface area (Å²) in [6.45, 7) is 4.13. The number of nitrogens with one attached hydrogen (secondary N) is 1. The van der Waals surface area contributed by atoms with E-state index in [4.69, 9.17) is 0 Å². The van der Waals surface area contributed by atoms with Gasteiger partial charge in [0.2, 0.25) is 0 Å². The van der Waals surface area contributed by atoms with Crippen molar-refractivity contribution in [3.05, 3.63) is 18.0 Å². The molecule has 0 spiro atoms. The third kappa shape index (κ3) is 3.24. The van der Waals surface area contributed by atoms with Crippen LogP contribution < -0.4 is 5.32 Å². The first-order valence-corrected chi connectivity index (χ1v) is 7.63. The largest absolute Gasteiger partial charge is 0.337 e. The van der Waals surface area contributed by atoms with Crippen molar-refractivity contribution in [2.75, 3.05) is 7.05 Å². The molecule has 0 saturated carbocycles. The molecule has 0 aliphatic carbocycles. The SMILES string of the molecule is CC(C)n1ccc(C(=O)N(C)C2CC3CCC(C2)N3)n1.Cl. The van der Waals surface area contributed by atoms with E-state index in [9.17, 15) is 4.79 Å². The number of carbonyl (C=O) groups is 1. The van der Waals surface area contributed by atoms with Gasteiger partial charge in [-0.2, -0.15) is 5.10 Å². The number of fused-ring (bicyclic) bond motifs is 2. The van der Waals surface area contributed by atoms with Crippen LogP contribution in [0.3, 0.4) is 0 Å². The van der Waals surface area contributed by atoms with E-state index in [1.54, 1.807) is 0 Å². The number of hydrogen-bond donors (Lipinski definition) is 1. The van der Waals surface area contributed by atoms with Crippen LogP contribution in [0.4, 0.5) is 0 Å².